The Morgan fingerprint density at radius 3 is 2.54 bits per heavy atom. The molecule has 1 atom stereocenters. The molecule has 1 saturated heterocycles. The number of likely N-dealkylation sites (tertiary alicyclic amines) is 1. The molecular formula is C21H32N4O3. The summed E-state index contributed by atoms with van der Waals surface area (Å²) in [6.45, 7) is 4.83. The molecule has 1 unspecified atom stereocenters. The minimum absolute atomic E-state index is 0.0508. The first kappa shape index (κ1) is 21.9. The summed E-state index contributed by atoms with van der Waals surface area (Å²) in [5, 5.41) is 5.75. The van der Waals surface area contributed by atoms with Crippen molar-refractivity contribution in [3.05, 3.63) is 29.8 Å². The Bertz CT molecular complexity index is 673. The van der Waals surface area contributed by atoms with Crippen molar-refractivity contribution in [3.8, 4) is 0 Å². The number of anilines is 1. The molecule has 0 aliphatic carbocycles. The lowest BCUT2D eigenvalue weighted by Crippen LogP contribution is -2.29. The normalized spacial score (nSPS) is 16.5. The summed E-state index contributed by atoms with van der Waals surface area (Å²) in [7, 11) is 4.00. The van der Waals surface area contributed by atoms with Gasteiger partial charge < -0.3 is 20.4 Å². The standard InChI is InChI=1S/C21H32N4O3/c1-4-5-13-25-15-17(14-19(25)26)21(28)23-18-9-7-16(8-10-18)20(27)22-11-6-12-24(2)3/h7-10,17H,4-6,11-15H2,1-3H3,(H,22,27)(H,23,28). The minimum atomic E-state index is -0.316. The van der Waals surface area contributed by atoms with Crippen molar-refractivity contribution >= 4 is 23.4 Å². The molecule has 154 valence electrons. The van der Waals surface area contributed by atoms with E-state index >= 15 is 0 Å². The van der Waals surface area contributed by atoms with Gasteiger partial charge in [0.2, 0.25) is 11.8 Å². The summed E-state index contributed by atoms with van der Waals surface area (Å²) in [4.78, 5) is 40.5. The molecule has 2 N–H and O–H groups in total. The van der Waals surface area contributed by atoms with Crippen LogP contribution in [0.25, 0.3) is 0 Å². The van der Waals surface area contributed by atoms with Crippen molar-refractivity contribution in [1.82, 2.24) is 15.1 Å². The number of rotatable bonds is 10. The van der Waals surface area contributed by atoms with Crippen LogP contribution in [0.5, 0.6) is 0 Å². The molecule has 2 rings (SSSR count). The summed E-state index contributed by atoms with van der Waals surface area (Å²) in [6, 6.07) is 6.84. The fraction of sp³-hybridized carbons (Fsp3) is 0.571. The fourth-order valence-corrected chi connectivity index (χ4v) is 3.16. The number of nitrogens with one attached hydrogen (secondary N) is 2. The Morgan fingerprint density at radius 1 is 1.18 bits per heavy atom. The lowest BCUT2D eigenvalue weighted by Gasteiger charge is -2.16. The Morgan fingerprint density at radius 2 is 1.89 bits per heavy atom. The molecule has 0 radical (unpaired) electrons. The summed E-state index contributed by atoms with van der Waals surface area (Å²) in [5.74, 6) is -0.531. The van der Waals surface area contributed by atoms with Crippen LogP contribution < -0.4 is 10.6 Å². The maximum absolute atomic E-state index is 12.5. The van der Waals surface area contributed by atoms with E-state index in [-0.39, 0.29) is 30.1 Å². The highest BCUT2D eigenvalue weighted by Gasteiger charge is 2.33. The quantitative estimate of drug-likeness (QED) is 0.601. The molecule has 1 aliphatic heterocycles. The second-order valence-electron chi connectivity index (χ2n) is 7.57. The van der Waals surface area contributed by atoms with Crippen LogP contribution in [0.1, 0.15) is 43.0 Å². The van der Waals surface area contributed by atoms with E-state index in [0.29, 0.717) is 24.3 Å². The molecule has 1 aromatic carbocycles. The van der Waals surface area contributed by atoms with Crippen LogP contribution in [0.4, 0.5) is 5.69 Å². The van der Waals surface area contributed by atoms with Gasteiger partial charge in [-0.05, 0) is 57.7 Å². The average molecular weight is 389 g/mol. The molecule has 1 heterocycles. The van der Waals surface area contributed by atoms with Crippen molar-refractivity contribution in [2.75, 3.05) is 45.6 Å². The van der Waals surface area contributed by atoms with E-state index in [4.69, 9.17) is 0 Å². The van der Waals surface area contributed by atoms with E-state index in [9.17, 15) is 14.4 Å². The van der Waals surface area contributed by atoms with Gasteiger partial charge in [0.1, 0.15) is 0 Å². The lowest BCUT2D eigenvalue weighted by atomic mass is 10.1. The van der Waals surface area contributed by atoms with Gasteiger partial charge in [0, 0.05) is 37.3 Å². The second-order valence-corrected chi connectivity index (χ2v) is 7.57. The first-order valence-electron chi connectivity index (χ1n) is 10.0. The van der Waals surface area contributed by atoms with Gasteiger partial charge in [-0.25, -0.2) is 0 Å². The van der Waals surface area contributed by atoms with Crippen molar-refractivity contribution in [2.45, 2.75) is 32.6 Å². The molecular weight excluding hydrogens is 356 g/mol. The van der Waals surface area contributed by atoms with Crippen molar-refractivity contribution in [2.24, 2.45) is 5.92 Å². The number of benzene rings is 1. The Hall–Kier alpha value is -2.41. The summed E-state index contributed by atoms with van der Waals surface area (Å²) in [5.41, 5.74) is 1.19. The third kappa shape index (κ3) is 6.64. The molecule has 1 fully saturated rings. The summed E-state index contributed by atoms with van der Waals surface area (Å²) in [6.07, 6.45) is 3.14. The third-order valence-electron chi connectivity index (χ3n) is 4.85. The van der Waals surface area contributed by atoms with E-state index in [1.807, 2.05) is 14.1 Å². The maximum atomic E-state index is 12.5. The number of hydrogen-bond donors (Lipinski definition) is 2. The summed E-state index contributed by atoms with van der Waals surface area (Å²) < 4.78 is 0. The Labute approximate surface area is 167 Å². The van der Waals surface area contributed by atoms with Gasteiger partial charge in [0.15, 0.2) is 0 Å². The minimum Gasteiger partial charge on any atom is -0.352 e. The van der Waals surface area contributed by atoms with E-state index < -0.39 is 0 Å². The number of carbonyl (C=O) groups excluding carboxylic acids is 3. The van der Waals surface area contributed by atoms with Crippen LogP contribution in [0.3, 0.4) is 0 Å². The molecule has 28 heavy (non-hydrogen) atoms. The molecule has 1 aliphatic rings. The number of amides is 3. The van der Waals surface area contributed by atoms with Crippen molar-refractivity contribution in [3.63, 3.8) is 0 Å². The average Bonchev–Trinajstić information content (AvgIpc) is 3.04. The van der Waals surface area contributed by atoms with Crippen molar-refractivity contribution in [1.29, 1.82) is 0 Å². The fourth-order valence-electron chi connectivity index (χ4n) is 3.16. The topological polar surface area (TPSA) is 81.8 Å². The third-order valence-corrected chi connectivity index (χ3v) is 4.85. The van der Waals surface area contributed by atoms with Crippen LogP contribution in [-0.4, -0.2) is 67.8 Å². The predicted molar refractivity (Wildman–Crippen MR) is 110 cm³/mol. The van der Waals surface area contributed by atoms with Crippen LogP contribution in [-0.2, 0) is 9.59 Å². The van der Waals surface area contributed by atoms with Crippen molar-refractivity contribution < 1.29 is 14.4 Å². The first-order chi connectivity index (χ1) is 13.4. The van der Waals surface area contributed by atoms with E-state index in [1.54, 1.807) is 29.2 Å². The van der Waals surface area contributed by atoms with Gasteiger partial charge in [0.05, 0.1) is 5.92 Å². The largest absolute Gasteiger partial charge is 0.352 e. The number of unbranched alkanes of at least 4 members (excludes halogenated alkanes) is 1. The Kier molecular flexibility index (Phi) is 8.44. The van der Waals surface area contributed by atoms with E-state index in [1.165, 1.54) is 0 Å². The molecule has 7 nitrogen and oxygen atoms in total. The molecule has 3 amide bonds. The Balaban J connectivity index is 1.81. The van der Waals surface area contributed by atoms with Gasteiger partial charge in [-0.3, -0.25) is 14.4 Å². The zero-order chi connectivity index (χ0) is 20.5. The molecule has 7 heteroatoms. The van der Waals surface area contributed by atoms with Crippen LogP contribution in [0.2, 0.25) is 0 Å². The SMILES string of the molecule is CCCCN1CC(C(=O)Nc2ccc(C(=O)NCCCN(C)C)cc2)CC1=O. The van der Waals surface area contributed by atoms with E-state index in [0.717, 1.165) is 32.4 Å². The van der Waals surface area contributed by atoms with Crippen LogP contribution in [0, 0.1) is 5.92 Å². The predicted octanol–water partition coefficient (Wildman–Crippen LogP) is 1.96. The maximum Gasteiger partial charge on any atom is 0.251 e. The van der Waals surface area contributed by atoms with Gasteiger partial charge in [-0.1, -0.05) is 13.3 Å². The number of carbonyl (C=O) groups is 3. The highest BCUT2D eigenvalue weighted by molar-refractivity contribution is 5.98. The number of hydrogen-bond acceptors (Lipinski definition) is 4. The highest BCUT2D eigenvalue weighted by Crippen LogP contribution is 2.20. The lowest BCUT2D eigenvalue weighted by molar-refractivity contribution is -0.128. The second kappa shape index (κ2) is 10.8. The zero-order valence-corrected chi connectivity index (χ0v) is 17.2. The van der Waals surface area contributed by atoms with Crippen LogP contribution >= 0.6 is 0 Å². The monoisotopic (exact) mass is 388 g/mol. The van der Waals surface area contributed by atoms with Gasteiger partial charge >= 0.3 is 0 Å². The highest BCUT2D eigenvalue weighted by atomic mass is 16.2. The van der Waals surface area contributed by atoms with Gasteiger partial charge in [0.25, 0.3) is 5.91 Å². The molecule has 0 aromatic heterocycles. The molecule has 0 spiro atoms. The van der Waals surface area contributed by atoms with Gasteiger partial charge in [-0.15, -0.1) is 0 Å². The van der Waals surface area contributed by atoms with E-state index in [2.05, 4.69) is 22.5 Å². The molecule has 1 aromatic rings. The summed E-state index contributed by atoms with van der Waals surface area (Å²) >= 11 is 0. The van der Waals surface area contributed by atoms with Crippen LogP contribution in [0.15, 0.2) is 24.3 Å². The number of nitrogens with zero attached hydrogens (tertiary/aromatic N) is 2. The smallest absolute Gasteiger partial charge is 0.251 e. The zero-order valence-electron chi connectivity index (χ0n) is 17.2. The molecule has 0 saturated carbocycles. The molecule has 0 bridgehead atoms. The van der Waals surface area contributed by atoms with Gasteiger partial charge in [-0.2, -0.15) is 0 Å². The first-order valence-corrected chi connectivity index (χ1v) is 10.0.